The quantitative estimate of drug-likeness (QED) is 0.848. The molecule has 0 aromatic carbocycles. The van der Waals surface area contributed by atoms with Gasteiger partial charge in [-0.3, -0.25) is 4.79 Å². The Labute approximate surface area is 103 Å². The van der Waals surface area contributed by atoms with Gasteiger partial charge in [0.1, 0.15) is 0 Å². The van der Waals surface area contributed by atoms with Crippen molar-refractivity contribution in [3.63, 3.8) is 0 Å². The maximum atomic E-state index is 11.9. The van der Waals surface area contributed by atoms with Crippen LogP contribution >= 0.6 is 10.7 Å². The van der Waals surface area contributed by atoms with E-state index in [9.17, 15) is 26.4 Å². The lowest BCUT2D eigenvalue weighted by Crippen LogP contribution is -2.21. The van der Waals surface area contributed by atoms with E-state index in [-0.39, 0.29) is 0 Å². The molecule has 1 N–H and O–H groups in total. The molecule has 0 unspecified atom stereocenters. The van der Waals surface area contributed by atoms with Crippen LogP contribution in [0.5, 0.6) is 11.6 Å². The first kappa shape index (κ1) is 14.6. The highest BCUT2D eigenvalue weighted by molar-refractivity contribution is 8.13. The van der Waals surface area contributed by atoms with E-state index in [2.05, 4.69) is 9.47 Å². The summed E-state index contributed by atoms with van der Waals surface area (Å²) in [5, 5.41) is -1.02. The van der Waals surface area contributed by atoms with Crippen LogP contribution in [-0.2, 0) is 9.05 Å². The lowest BCUT2D eigenvalue weighted by atomic mass is 10.4. The molecule has 0 saturated carbocycles. The normalized spacial score (nSPS) is 12.3. The van der Waals surface area contributed by atoms with Crippen molar-refractivity contribution in [2.45, 2.75) is 11.4 Å². The molecule has 0 aliphatic carbocycles. The van der Waals surface area contributed by atoms with Crippen LogP contribution in [0.2, 0.25) is 0 Å². The Hall–Kier alpha value is -1.42. The predicted molar refractivity (Wildman–Crippen MR) is 53.3 cm³/mol. The fourth-order valence-electron chi connectivity index (χ4n) is 1.05. The van der Waals surface area contributed by atoms with Gasteiger partial charge in [0.2, 0.25) is 17.1 Å². The fraction of sp³-hybridized carbons (Fsp3) is 0.286. The molecule has 0 fully saturated rings. The first-order valence-corrected chi connectivity index (χ1v) is 6.37. The van der Waals surface area contributed by atoms with Gasteiger partial charge in [-0.2, -0.15) is 0 Å². The number of halogens is 4. The molecule has 0 aliphatic heterocycles. The molecule has 11 heteroatoms. The molecule has 0 atom stereocenters. The molecule has 0 amide bonds. The molecule has 0 spiro atoms. The van der Waals surface area contributed by atoms with Crippen molar-refractivity contribution < 1.29 is 31.1 Å². The van der Waals surface area contributed by atoms with Gasteiger partial charge in [-0.15, -0.1) is 13.2 Å². The highest BCUT2D eigenvalue weighted by atomic mass is 35.7. The van der Waals surface area contributed by atoms with Gasteiger partial charge < -0.3 is 14.5 Å². The summed E-state index contributed by atoms with van der Waals surface area (Å²) in [6.07, 6.45) is -5.09. The van der Waals surface area contributed by atoms with E-state index in [1.54, 1.807) is 4.98 Å². The zero-order chi connectivity index (χ0) is 14.1. The molecular weight excluding hydrogens is 303 g/mol. The Morgan fingerprint density at radius 1 is 1.39 bits per heavy atom. The van der Waals surface area contributed by atoms with Crippen molar-refractivity contribution in [3.05, 3.63) is 16.3 Å². The van der Waals surface area contributed by atoms with E-state index in [4.69, 9.17) is 10.7 Å². The Morgan fingerprint density at radius 2 is 1.94 bits per heavy atom. The number of H-pyrrole nitrogens is 1. The van der Waals surface area contributed by atoms with Crippen LogP contribution in [0.4, 0.5) is 13.2 Å². The topological polar surface area (TPSA) is 85.5 Å². The fourth-order valence-corrected chi connectivity index (χ4v) is 2.00. The number of pyridine rings is 1. The number of hydrogen-bond donors (Lipinski definition) is 1. The van der Waals surface area contributed by atoms with Crippen molar-refractivity contribution in [3.8, 4) is 11.6 Å². The number of hydrogen-bond acceptors (Lipinski definition) is 5. The van der Waals surface area contributed by atoms with Gasteiger partial charge in [0, 0.05) is 10.7 Å². The monoisotopic (exact) mass is 307 g/mol. The van der Waals surface area contributed by atoms with Crippen LogP contribution < -0.4 is 14.9 Å². The number of aromatic nitrogens is 1. The van der Waals surface area contributed by atoms with Crippen molar-refractivity contribution >= 4 is 19.7 Å². The third-order valence-corrected chi connectivity index (χ3v) is 2.84. The zero-order valence-electron chi connectivity index (χ0n) is 8.54. The Kier molecular flexibility index (Phi) is 3.81. The summed E-state index contributed by atoms with van der Waals surface area (Å²) < 4.78 is 65.7. The molecule has 1 heterocycles. The summed E-state index contributed by atoms with van der Waals surface area (Å²) in [6.45, 7) is 0. The van der Waals surface area contributed by atoms with Crippen LogP contribution in [-0.4, -0.2) is 26.9 Å². The Balaban J connectivity index is 3.46. The second-order valence-corrected chi connectivity index (χ2v) is 5.35. The van der Waals surface area contributed by atoms with Gasteiger partial charge in [0.25, 0.3) is 9.05 Å². The number of methoxy groups -OCH3 is 1. The third kappa shape index (κ3) is 3.53. The minimum atomic E-state index is -5.09. The molecule has 6 nitrogen and oxygen atoms in total. The number of nitrogens with one attached hydrogen (secondary N) is 1. The number of aromatic amines is 1. The molecule has 0 aliphatic rings. The zero-order valence-corrected chi connectivity index (χ0v) is 10.1. The standard InChI is InChI=1S/C7H5ClF3NO5S/c1-16-5-3(13)2-4(17-7(9,10)11)12-6(5)18(8,14)15/h2H,1H3,(H,12,13). The van der Waals surface area contributed by atoms with Crippen LogP contribution in [0, 0.1) is 0 Å². The van der Waals surface area contributed by atoms with Crippen molar-refractivity contribution in [2.75, 3.05) is 7.11 Å². The van der Waals surface area contributed by atoms with Crippen molar-refractivity contribution in [1.82, 2.24) is 4.98 Å². The van der Waals surface area contributed by atoms with E-state index >= 15 is 0 Å². The molecule has 1 aromatic rings. The maximum Gasteiger partial charge on any atom is 0.574 e. The van der Waals surface area contributed by atoms with Gasteiger partial charge in [-0.1, -0.05) is 0 Å². The molecule has 0 radical (unpaired) electrons. The second kappa shape index (κ2) is 4.69. The predicted octanol–water partition coefficient (Wildman–Crippen LogP) is 1.21. The molecule has 0 saturated heterocycles. The Morgan fingerprint density at radius 3 is 2.33 bits per heavy atom. The maximum absolute atomic E-state index is 11.9. The summed E-state index contributed by atoms with van der Waals surface area (Å²) in [5.41, 5.74) is -1.13. The second-order valence-electron chi connectivity index (χ2n) is 2.85. The summed E-state index contributed by atoms with van der Waals surface area (Å²) in [4.78, 5) is 13.0. The number of rotatable bonds is 3. The largest absolute Gasteiger partial charge is 0.574 e. The van der Waals surface area contributed by atoms with E-state index in [0.717, 1.165) is 7.11 Å². The molecule has 1 rings (SSSR count). The van der Waals surface area contributed by atoms with Gasteiger partial charge in [-0.05, 0) is 0 Å². The first-order chi connectivity index (χ1) is 8.04. The van der Waals surface area contributed by atoms with Gasteiger partial charge in [0.05, 0.1) is 13.2 Å². The summed E-state index contributed by atoms with van der Waals surface area (Å²) >= 11 is 0. The van der Waals surface area contributed by atoms with Crippen molar-refractivity contribution in [2.24, 2.45) is 0 Å². The van der Waals surface area contributed by atoms with Crippen LogP contribution in [0.3, 0.4) is 0 Å². The van der Waals surface area contributed by atoms with Crippen LogP contribution in [0.25, 0.3) is 0 Å². The SMILES string of the molecule is COc1c(S(=O)(=O)Cl)[nH]c(OC(F)(F)F)cc1=O. The first-order valence-electron chi connectivity index (χ1n) is 4.06. The van der Waals surface area contributed by atoms with Gasteiger partial charge >= 0.3 is 6.36 Å². The lowest BCUT2D eigenvalue weighted by molar-refractivity contribution is -0.276. The minimum absolute atomic E-state index is 0.387. The molecule has 18 heavy (non-hydrogen) atoms. The average Bonchev–Trinajstić information content (AvgIpc) is 2.12. The van der Waals surface area contributed by atoms with E-state index in [0.29, 0.717) is 6.07 Å². The van der Waals surface area contributed by atoms with Crippen LogP contribution in [0.1, 0.15) is 0 Å². The van der Waals surface area contributed by atoms with Crippen LogP contribution in [0.15, 0.2) is 15.9 Å². The van der Waals surface area contributed by atoms with Gasteiger partial charge in [0.15, 0.2) is 5.03 Å². The van der Waals surface area contributed by atoms with Gasteiger partial charge in [-0.25, -0.2) is 8.42 Å². The summed E-state index contributed by atoms with van der Waals surface area (Å²) in [7, 11) is 1.40. The molecule has 102 valence electrons. The third-order valence-electron chi connectivity index (χ3n) is 1.60. The summed E-state index contributed by atoms with van der Waals surface area (Å²) in [6, 6.07) is 0.387. The van der Waals surface area contributed by atoms with E-state index < -0.39 is 37.5 Å². The molecule has 1 aromatic heterocycles. The number of alkyl halides is 3. The summed E-state index contributed by atoms with van der Waals surface area (Å²) in [5.74, 6) is -1.85. The van der Waals surface area contributed by atoms with E-state index in [1.807, 2.05) is 0 Å². The Bertz CT molecular complexity index is 608. The smallest absolute Gasteiger partial charge is 0.490 e. The molecular formula is C7H5ClF3NO5S. The lowest BCUT2D eigenvalue weighted by Gasteiger charge is -2.11. The highest BCUT2D eigenvalue weighted by Gasteiger charge is 2.33. The van der Waals surface area contributed by atoms with E-state index in [1.165, 1.54) is 0 Å². The highest BCUT2D eigenvalue weighted by Crippen LogP contribution is 2.26. The minimum Gasteiger partial charge on any atom is -0.490 e. The average molecular weight is 308 g/mol. The molecule has 0 bridgehead atoms. The van der Waals surface area contributed by atoms with Crippen molar-refractivity contribution in [1.29, 1.82) is 0 Å². The number of ether oxygens (including phenoxy) is 2.